The molecule has 1 unspecified atom stereocenters. The highest BCUT2D eigenvalue weighted by molar-refractivity contribution is 5.72. The second kappa shape index (κ2) is 10.7. The SMILES string of the molecule is Cc1cc(C(O)CN2CCCCC2)c(C)n1[C@H]1CC[C@@H](C(=O)OCc2ccccc2)CC1. The number of piperidine rings is 1. The lowest BCUT2D eigenvalue weighted by Crippen LogP contribution is -2.33. The fourth-order valence-electron chi connectivity index (χ4n) is 5.60. The van der Waals surface area contributed by atoms with Crippen molar-refractivity contribution in [1.29, 1.82) is 0 Å². The lowest BCUT2D eigenvalue weighted by molar-refractivity contribution is -0.151. The van der Waals surface area contributed by atoms with Crippen LogP contribution in [0.4, 0.5) is 0 Å². The van der Waals surface area contributed by atoms with Gasteiger partial charge in [-0.2, -0.15) is 0 Å². The van der Waals surface area contributed by atoms with E-state index in [2.05, 4.69) is 29.4 Å². The summed E-state index contributed by atoms with van der Waals surface area (Å²) >= 11 is 0. The van der Waals surface area contributed by atoms with E-state index in [0.29, 0.717) is 12.6 Å². The van der Waals surface area contributed by atoms with E-state index in [0.717, 1.165) is 56.4 Å². The highest BCUT2D eigenvalue weighted by Crippen LogP contribution is 2.37. The minimum atomic E-state index is -0.433. The van der Waals surface area contributed by atoms with E-state index in [1.807, 2.05) is 30.3 Å². The average Bonchev–Trinajstić information content (AvgIpc) is 3.13. The van der Waals surface area contributed by atoms with Gasteiger partial charge in [-0.1, -0.05) is 36.8 Å². The number of nitrogens with zero attached hydrogens (tertiary/aromatic N) is 2. The van der Waals surface area contributed by atoms with Gasteiger partial charge in [0.2, 0.25) is 0 Å². The van der Waals surface area contributed by atoms with E-state index in [-0.39, 0.29) is 11.9 Å². The zero-order valence-electron chi connectivity index (χ0n) is 19.6. The first-order valence-electron chi connectivity index (χ1n) is 12.3. The van der Waals surface area contributed by atoms with Gasteiger partial charge in [0, 0.05) is 29.5 Å². The minimum absolute atomic E-state index is 0.00435. The van der Waals surface area contributed by atoms with Crippen molar-refractivity contribution in [2.75, 3.05) is 19.6 Å². The third kappa shape index (κ3) is 5.44. The highest BCUT2D eigenvalue weighted by atomic mass is 16.5. The summed E-state index contributed by atoms with van der Waals surface area (Å²) < 4.78 is 7.98. The third-order valence-electron chi connectivity index (χ3n) is 7.38. The second-order valence-corrected chi connectivity index (χ2v) is 9.67. The molecular weight excluding hydrogens is 400 g/mol. The van der Waals surface area contributed by atoms with Crippen LogP contribution in [0, 0.1) is 19.8 Å². The normalized spacial score (nSPS) is 23.1. The molecule has 1 aromatic heterocycles. The minimum Gasteiger partial charge on any atom is -0.461 e. The van der Waals surface area contributed by atoms with E-state index < -0.39 is 6.10 Å². The number of aliphatic hydroxyl groups is 1. The summed E-state index contributed by atoms with van der Waals surface area (Å²) in [6, 6.07) is 12.4. The Morgan fingerprint density at radius 1 is 1.06 bits per heavy atom. The molecule has 1 aliphatic heterocycles. The van der Waals surface area contributed by atoms with Crippen LogP contribution in [0.3, 0.4) is 0 Å². The summed E-state index contributed by atoms with van der Waals surface area (Å²) in [7, 11) is 0. The standard InChI is InChI=1S/C27H38N2O3/c1-20-17-25(26(30)18-28-15-7-4-8-16-28)21(2)29(20)24-13-11-23(12-14-24)27(31)32-19-22-9-5-3-6-10-22/h3,5-6,9-10,17,23-24,26,30H,4,7-8,11-16,18-19H2,1-2H3/t23-,24+,26?. The molecular formula is C27H38N2O3. The van der Waals surface area contributed by atoms with Gasteiger partial charge in [-0.25, -0.2) is 0 Å². The Kier molecular flexibility index (Phi) is 7.69. The van der Waals surface area contributed by atoms with Crippen molar-refractivity contribution < 1.29 is 14.6 Å². The number of aryl methyl sites for hydroxylation is 1. The van der Waals surface area contributed by atoms with Gasteiger partial charge in [-0.3, -0.25) is 4.79 Å². The number of hydrogen-bond acceptors (Lipinski definition) is 4. The zero-order valence-corrected chi connectivity index (χ0v) is 19.6. The Hall–Kier alpha value is -2.11. The zero-order chi connectivity index (χ0) is 22.5. The molecule has 5 nitrogen and oxygen atoms in total. The van der Waals surface area contributed by atoms with Crippen LogP contribution in [0.15, 0.2) is 36.4 Å². The molecule has 1 aliphatic carbocycles. The van der Waals surface area contributed by atoms with E-state index in [9.17, 15) is 9.90 Å². The van der Waals surface area contributed by atoms with E-state index in [4.69, 9.17) is 4.74 Å². The Labute approximate surface area is 192 Å². The number of ether oxygens (including phenoxy) is 1. The summed E-state index contributed by atoms with van der Waals surface area (Å²) in [6.45, 7) is 7.56. The van der Waals surface area contributed by atoms with Crippen molar-refractivity contribution in [3.63, 3.8) is 0 Å². The summed E-state index contributed by atoms with van der Waals surface area (Å²) in [5, 5.41) is 10.9. The van der Waals surface area contributed by atoms with Gasteiger partial charge in [-0.15, -0.1) is 0 Å². The average molecular weight is 439 g/mol. The Morgan fingerprint density at radius 2 is 1.75 bits per heavy atom. The fraction of sp³-hybridized carbons (Fsp3) is 0.593. The topological polar surface area (TPSA) is 54.7 Å². The first kappa shape index (κ1) is 23.1. The maximum atomic E-state index is 12.6. The van der Waals surface area contributed by atoms with Gasteiger partial charge in [0.05, 0.1) is 12.0 Å². The molecule has 2 heterocycles. The van der Waals surface area contributed by atoms with E-state index in [1.165, 1.54) is 30.7 Å². The van der Waals surface area contributed by atoms with Crippen molar-refractivity contribution in [3.05, 3.63) is 58.9 Å². The largest absolute Gasteiger partial charge is 0.461 e. The molecule has 5 heteroatoms. The third-order valence-corrected chi connectivity index (χ3v) is 7.38. The molecule has 32 heavy (non-hydrogen) atoms. The summed E-state index contributed by atoms with van der Waals surface area (Å²) in [5.41, 5.74) is 4.49. The van der Waals surface area contributed by atoms with Crippen LogP contribution in [0.2, 0.25) is 0 Å². The number of esters is 1. The van der Waals surface area contributed by atoms with Crippen LogP contribution < -0.4 is 0 Å². The maximum Gasteiger partial charge on any atom is 0.309 e. The van der Waals surface area contributed by atoms with Crippen LogP contribution in [-0.4, -0.2) is 40.2 Å². The number of benzene rings is 1. The number of aromatic nitrogens is 1. The lowest BCUT2D eigenvalue weighted by Gasteiger charge is -2.31. The molecule has 4 rings (SSSR count). The molecule has 1 aromatic carbocycles. The fourth-order valence-corrected chi connectivity index (χ4v) is 5.60. The number of carbonyl (C=O) groups is 1. The van der Waals surface area contributed by atoms with Gasteiger partial charge in [-0.05, 0) is 77.1 Å². The van der Waals surface area contributed by atoms with Gasteiger partial charge in [0.15, 0.2) is 0 Å². The number of carbonyl (C=O) groups excluding carboxylic acids is 1. The molecule has 1 saturated heterocycles. The van der Waals surface area contributed by atoms with Crippen LogP contribution in [0.5, 0.6) is 0 Å². The predicted octanol–water partition coefficient (Wildman–Crippen LogP) is 5.10. The van der Waals surface area contributed by atoms with Crippen molar-refractivity contribution in [2.45, 2.75) is 77.5 Å². The summed E-state index contributed by atoms with van der Waals surface area (Å²) in [6.07, 6.45) is 7.03. The molecule has 174 valence electrons. The highest BCUT2D eigenvalue weighted by Gasteiger charge is 2.30. The number of β-amino-alcohol motifs (C(OH)–C–C–N with tert-alkyl or cyclic N) is 1. The van der Waals surface area contributed by atoms with Gasteiger partial charge >= 0.3 is 5.97 Å². The van der Waals surface area contributed by atoms with Gasteiger partial charge < -0.3 is 19.3 Å². The van der Waals surface area contributed by atoms with Crippen LogP contribution >= 0.6 is 0 Å². The molecule has 0 amide bonds. The number of hydrogen-bond donors (Lipinski definition) is 1. The molecule has 1 saturated carbocycles. The van der Waals surface area contributed by atoms with Crippen LogP contribution in [0.1, 0.15) is 79.6 Å². The number of aliphatic hydroxyl groups excluding tert-OH is 1. The molecule has 2 fully saturated rings. The molecule has 0 radical (unpaired) electrons. The summed E-state index contributed by atoms with van der Waals surface area (Å²) in [4.78, 5) is 15.0. The first-order chi connectivity index (χ1) is 15.5. The van der Waals surface area contributed by atoms with Crippen LogP contribution in [0.25, 0.3) is 0 Å². The first-order valence-corrected chi connectivity index (χ1v) is 12.3. The Balaban J connectivity index is 1.32. The smallest absolute Gasteiger partial charge is 0.309 e. The molecule has 2 aromatic rings. The van der Waals surface area contributed by atoms with E-state index in [1.54, 1.807) is 0 Å². The quantitative estimate of drug-likeness (QED) is 0.611. The molecule has 1 N–H and O–H groups in total. The maximum absolute atomic E-state index is 12.6. The van der Waals surface area contributed by atoms with Crippen molar-refractivity contribution in [3.8, 4) is 0 Å². The summed E-state index contributed by atoms with van der Waals surface area (Å²) in [5.74, 6) is -0.0683. The Bertz CT molecular complexity index is 878. The van der Waals surface area contributed by atoms with E-state index >= 15 is 0 Å². The molecule has 1 atom stereocenters. The molecule has 0 spiro atoms. The predicted molar refractivity (Wildman–Crippen MR) is 126 cm³/mol. The van der Waals surface area contributed by atoms with Gasteiger partial charge in [0.25, 0.3) is 0 Å². The Morgan fingerprint density at radius 3 is 2.44 bits per heavy atom. The van der Waals surface area contributed by atoms with Crippen LogP contribution in [-0.2, 0) is 16.1 Å². The molecule has 2 aliphatic rings. The molecule has 0 bridgehead atoms. The number of rotatable bonds is 7. The second-order valence-electron chi connectivity index (χ2n) is 9.67. The number of likely N-dealkylation sites (tertiary alicyclic amines) is 1. The van der Waals surface area contributed by atoms with Crippen molar-refractivity contribution >= 4 is 5.97 Å². The van der Waals surface area contributed by atoms with Crippen molar-refractivity contribution in [2.24, 2.45) is 5.92 Å². The van der Waals surface area contributed by atoms with Crippen molar-refractivity contribution in [1.82, 2.24) is 9.47 Å². The lowest BCUT2D eigenvalue weighted by atomic mass is 9.85. The monoisotopic (exact) mass is 438 g/mol. The van der Waals surface area contributed by atoms with Gasteiger partial charge in [0.1, 0.15) is 6.61 Å².